The molecule has 0 N–H and O–H groups in total. The van der Waals surface area contributed by atoms with Crippen LogP contribution in [0, 0.1) is 0 Å². The molecule has 1 saturated carbocycles. The molecule has 0 atom stereocenters. The van der Waals surface area contributed by atoms with Crippen LogP contribution >= 0.6 is 23.1 Å². The van der Waals surface area contributed by atoms with E-state index >= 15 is 0 Å². The minimum Gasteiger partial charge on any atom is -0.274 e. The highest BCUT2D eigenvalue weighted by Crippen LogP contribution is 2.41. The van der Waals surface area contributed by atoms with E-state index in [-0.39, 0.29) is 5.91 Å². The standard InChI is InChI=1S/C25H25N5OS2/c1-3-18-9-13-22(14-10-18)29(17(2)31)24-26-20(15-32-24)16-33-25-28-27-23(19-11-12-19)30(25)21-7-5-4-6-8-21/h4-10,13-15,19H,3,11-12,16H2,1-2H3. The molecule has 8 heteroatoms. The molecule has 0 spiro atoms. The van der Waals surface area contributed by atoms with E-state index < -0.39 is 0 Å². The predicted octanol–water partition coefficient (Wildman–Crippen LogP) is 6.14. The van der Waals surface area contributed by atoms with Crippen LogP contribution in [-0.2, 0) is 17.0 Å². The van der Waals surface area contributed by atoms with Crippen LogP contribution < -0.4 is 4.90 Å². The first-order valence-corrected chi connectivity index (χ1v) is 13.0. The van der Waals surface area contributed by atoms with Gasteiger partial charge < -0.3 is 0 Å². The molecule has 0 bridgehead atoms. The largest absolute Gasteiger partial charge is 0.274 e. The number of para-hydroxylation sites is 1. The van der Waals surface area contributed by atoms with Gasteiger partial charge in [0.15, 0.2) is 10.3 Å². The van der Waals surface area contributed by atoms with E-state index in [4.69, 9.17) is 4.98 Å². The summed E-state index contributed by atoms with van der Waals surface area (Å²) >= 11 is 3.11. The Kier molecular flexibility index (Phi) is 6.28. The second-order valence-electron chi connectivity index (χ2n) is 8.07. The molecule has 0 aliphatic heterocycles. The van der Waals surface area contributed by atoms with Crippen LogP contribution in [-0.4, -0.2) is 25.7 Å². The first kappa shape index (κ1) is 21.9. The smallest absolute Gasteiger partial charge is 0.230 e. The van der Waals surface area contributed by atoms with E-state index in [1.54, 1.807) is 23.6 Å². The number of benzene rings is 2. The summed E-state index contributed by atoms with van der Waals surface area (Å²) in [6.07, 6.45) is 3.31. The molecule has 33 heavy (non-hydrogen) atoms. The van der Waals surface area contributed by atoms with Gasteiger partial charge in [-0.15, -0.1) is 21.5 Å². The van der Waals surface area contributed by atoms with Crippen molar-refractivity contribution in [3.8, 4) is 5.69 Å². The number of nitrogens with zero attached hydrogens (tertiary/aromatic N) is 5. The molecule has 1 amide bonds. The van der Waals surface area contributed by atoms with Crippen molar-refractivity contribution in [3.63, 3.8) is 0 Å². The molecule has 6 nitrogen and oxygen atoms in total. The number of rotatable bonds is 8. The molecule has 0 saturated heterocycles. The van der Waals surface area contributed by atoms with Gasteiger partial charge in [0, 0.05) is 29.7 Å². The van der Waals surface area contributed by atoms with Crippen LogP contribution in [0.5, 0.6) is 0 Å². The molecule has 0 unspecified atom stereocenters. The average molecular weight is 476 g/mol. The number of carbonyl (C=O) groups is 1. The van der Waals surface area contributed by atoms with Crippen molar-refractivity contribution in [1.29, 1.82) is 0 Å². The fourth-order valence-electron chi connectivity index (χ4n) is 3.71. The Bertz CT molecular complexity index is 1250. The second kappa shape index (κ2) is 9.49. The minimum absolute atomic E-state index is 0.0503. The highest BCUT2D eigenvalue weighted by atomic mass is 32.2. The lowest BCUT2D eigenvalue weighted by molar-refractivity contribution is -0.115. The molecular formula is C25H25N5OS2. The summed E-state index contributed by atoms with van der Waals surface area (Å²) in [6, 6.07) is 18.4. The van der Waals surface area contributed by atoms with Gasteiger partial charge in [-0.2, -0.15) is 0 Å². The first-order valence-electron chi connectivity index (χ1n) is 11.1. The van der Waals surface area contributed by atoms with E-state index in [0.717, 1.165) is 34.5 Å². The van der Waals surface area contributed by atoms with E-state index in [2.05, 4.69) is 46.0 Å². The molecular weight excluding hydrogens is 450 g/mol. The Labute approximate surface area is 201 Å². The van der Waals surface area contributed by atoms with Gasteiger partial charge in [-0.3, -0.25) is 14.3 Å². The summed E-state index contributed by atoms with van der Waals surface area (Å²) in [5, 5.41) is 12.6. The fourth-order valence-corrected chi connectivity index (χ4v) is 5.56. The van der Waals surface area contributed by atoms with E-state index in [1.807, 2.05) is 35.7 Å². The summed E-state index contributed by atoms with van der Waals surface area (Å²) < 4.78 is 2.17. The number of hydrogen-bond donors (Lipinski definition) is 0. The third-order valence-electron chi connectivity index (χ3n) is 5.61. The minimum atomic E-state index is -0.0503. The SMILES string of the molecule is CCc1ccc(N(C(C)=O)c2nc(CSc3nnc(C4CC4)n3-c3ccccc3)cs2)cc1. The highest BCUT2D eigenvalue weighted by molar-refractivity contribution is 7.98. The molecule has 2 heterocycles. The number of amides is 1. The molecule has 168 valence electrons. The van der Waals surface area contributed by atoms with Crippen molar-refractivity contribution >= 4 is 39.8 Å². The van der Waals surface area contributed by atoms with E-state index in [1.165, 1.54) is 29.7 Å². The van der Waals surface area contributed by atoms with Gasteiger partial charge in [0.05, 0.1) is 11.4 Å². The van der Waals surface area contributed by atoms with Gasteiger partial charge in [0.25, 0.3) is 0 Å². The average Bonchev–Trinajstić information content (AvgIpc) is 3.43. The van der Waals surface area contributed by atoms with Gasteiger partial charge in [-0.25, -0.2) is 4.98 Å². The Hall–Kier alpha value is -2.97. The van der Waals surface area contributed by atoms with Crippen molar-refractivity contribution in [1.82, 2.24) is 19.7 Å². The van der Waals surface area contributed by atoms with Crippen molar-refractivity contribution < 1.29 is 4.79 Å². The maximum absolute atomic E-state index is 12.4. The van der Waals surface area contributed by atoms with Crippen LogP contribution in [0.2, 0.25) is 0 Å². The summed E-state index contributed by atoms with van der Waals surface area (Å²) in [5.41, 5.74) is 4.09. The second-order valence-corrected chi connectivity index (χ2v) is 9.85. The molecule has 1 fully saturated rings. The number of aryl methyl sites for hydroxylation is 1. The van der Waals surface area contributed by atoms with Crippen LogP contribution in [0.25, 0.3) is 5.69 Å². The zero-order chi connectivity index (χ0) is 22.8. The van der Waals surface area contributed by atoms with Gasteiger partial charge in [-0.05, 0) is 49.1 Å². The maximum Gasteiger partial charge on any atom is 0.230 e. The Balaban J connectivity index is 1.36. The monoisotopic (exact) mass is 475 g/mol. The van der Waals surface area contributed by atoms with Crippen LogP contribution in [0.15, 0.2) is 65.1 Å². The lowest BCUT2D eigenvalue weighted by Crippen LogP contribution is -2.22. The van der Waals surface area contributed by atoms with Gasteiger partial charge in [0.1, 0.15) is 5.82 Å². The Morgan fingerprint density at radius 1 is 1.12 bits per heavy atom. The fraction of sp³-hybridized carbons (Fsp3) is 0.280. The molecule has 2 aromatic carbocycles. The summed E-state index contributed by atoms with van der Waals surface area (Å²) in [4.78, 5) is 18.9. The molecule has 5 rings (SSSR count). The van der Waals surface area contributed by atoms with Crippen LogP contribution in [0.4, 0.5) is 10.8 Å². The summed E-state index contributed by atoms with van der Waals surface area (Å²) in [7, 11) is 0. The van der Waals surface area contributed by atoms with Gasteiger partial charge in [0.2, 0.25) is 5.91 Å². The van der Waals surface area contributed by atoms with Crippen molar-refractivity contribution in [2.75, 3.05) is 4.90 Å². The molecule has 1 aliphatic carbocycles. The maximum atomic E-state index is 12.4. The van der Waals surface area contributed by atoms with E-state index in [0.29, 0.717) is 16.8 Å². The van der Waals surface area contributed by atoms with Crippen molar-refractivity contribution in [3.05, 3.63) is 77.1 Å². The lowest BCUT2D eigenvalue weighted by Gasteiger charge is -2.18. The molecule has 0 radical (unpaired) electrons. The van der Waals surface area contributed by atoms with Gasteiger partial charge in [-0.1, -0.05) is 49.0 Å². The molecule has 4 aromatic rings. The number of anilines is 2. The molecule has 2 aromatic heterocycles. The summed E-state index contributed by atoms with van der Waals surface area (Å²) in [5.74, 6) is 2.15. The van der Waals surface area contributed by atoms with Crippen LogP contribution in [0.3, 0.4) is 0 Å². The normalized spacial score (nSPS) is 13.3. The van der Waals surface area contributed by atoms with Crippen molar-refractivity contribution in [2.24, 2.45) is 0 Å². The van der Waals surface area contributed by atoms with E-state index in [9.17, 15) is 4.79 Å². The third-order valence-corrected chi connectivity index (χ3v) is 7.45. The quantitative estimate of drug-likeness (QED) is 0.286. The number of thioether (sulfide) groups is 1. The molecule has 1 aliphatic rings. The highest BCUT2D eigenvalue weighted by Gasteiger charge is 2.31. The van der Waals surface area contributed by atoms with Crippen LogP contribution in [0.1, 0.15) is 49.7 Å². The number of aromatic nitrogens is 4. The Morgan fingerprint density at radius 2 is 1.88 bits per heavy atom. The zero-order valence-corrected chi connectivity index (χ0v) is 20.3. The third kappa shape index (κ3) is 4.72. The number of hydrogen-bond acceptors (Lipinski definition) is 6. The summed E-state index contributed by atoms with van der Waals surface area (Å²) in [6.45, 7) is 3.69. The predicted molar refractivity (Wildman–Crippen MR) is 134 cm³/mol. The van der Waals surface area contributed by atoms with Gasteiger partial charge >= 0.3 is 0 Å². The number of thiazole rings is 1. The van der Waals surface area contributed by atoms with Crippen molar-refractivity contribution in [2.45, 2.75) is 49.9 Å². The lowest BCUT2D eigenvalue weighted by atomic mass is 10.1. The Morgan fingerprint density at radius 3 is 2.55 bits per heavy atom. The zero-order valence-electron chi connectivity index (χ0n) is 18.6. The topological polar surface area (TPSA) is 63.9 Å². The number of carbonyl (C=O) groups excluding carboxylic acids is 1. The first-order chi connectivity index (χ1) is 16.1.